The maximum absolute atomic E-state index is 11.6. The summed E-state index contributed by atoms with van der Waals surface area (Å²) < 4.78 is 0. The zero-order valence-corrected chi connectivity index (χ0v) is 10.8. The molecule has 0 bridgehead atoms. The van der Waals surface area contributed by atoms with Gasteiger partial charge in [-0.2, -0.15) is 0 Å². The summed E-state index contributed by atoms with van der Waals surface area (Å²) in [4.78, 5) is 27.4. The zero-order chi connectivity index (χ0) is 13.1. The molecule has 1 aromatic heterocycles. The third kappa shape index (κ3) is 2.83. The van der Waals surface area contributed by atoms with Crippen molar-refractivity contribution < 1.29 is 0 Å². The van der Waals surface area contributed by atoms with E-state index in [9.17, 15) is 9.59 Å². The standard InChI is InChI=1S/C12H10Cl2N2O2/c13-6-8(14)3-1-7-2-4-10-9(5-7)11(17)16-12(18)15-10/h1-5,8H,6H2,(H2,15,16,17,18)/b3-1+. The van der Waals surface area contributed by atoms with Crippen molar-refractivity contribution in [3.05, 3.63) is 50.7 Å². The molecule has 0 radical (unpaired) electrons. The summed E-state index contributed by atoms with van der Waals surface area (Å²) in [6.45, 7) is 0. The van der Waals surface area contributed by atoms with Gasteiger partial charge in [0.25, 0.3) is 5.56 Å². The summed E-state index contributed by atoms with van der Waals surface area (Å²) in [5.74, 6) is 0.319. The van der Waals surface area contributed by atoms with E-state index in [-0.39, 0.29) is 5.38 Å². The number of aromatic amines is 2. The second-order valence-electron chi connectivity index (χ2n) is 3.74. The average molecular weight is 285 g/mol. The molecule has 2 N–H and O–H groups in total. The first-order chi connectivity index (χ1) is 8.60. The Hall–Kier alpha value is -1.52. The normalized spacial score (nSPS) is 13.2. The first-order valence-corrected chi connectivity index (χ1v) is 6.22. The maximum Gasteiger partial charge on any atom is 0.326 e. The monoisotopic (exact) mass is 284 g/mol. The molecule has 1 atom stereocenters. The van der Waals surface area contributed by atoms with Crippen molar-refractivity contribution in [2.75, 3.05) is 5.88 Å². The van der Waals surface area contributed by atoms with Gasteiger partial charge in [-0.1, -0.05) is 18.2 Å². The third-order valence-corrected chi connectivity index (χ3v) is 3.20. The van der Waals surface area contributed by atoms with Gasteiger partial charge in [-0.25, -0.2) is 4.79 Å². The number of hydrogen-bond acceptors (Lipinski definition) is 2. The SMILES string of the molecule is O=c1[nH]c(=O)c2cc(/C=C/C(Cl)CCl)ccc2[nH]1. The van der Waals surface area contributed by atoms with Gasteiger partial charge in [0.15, 0.2) is 0 Å². The van der Waals surface area contributed by atoms with Crippen molar-refractivity contribution in [3.8, 4) is 0 Å². The Labute approximate surface area is 112 Å². The molecule has 2 aromatic rings. The highest BCUT2D eigenvalue weighted by Crippen LogP contribution is 2.11. The Morgan fingerprint density at radius 2 is 2.06 bits per heavy atom. The molecule has 1 unspecified atom stereocenters. The Morgan fingerprint density at radius 3 is 2.78 bits per heavy atom. The first-order valence-electron chi connectivity index (χ1n) is 5.25. The van der Waals surface area contributed by atoms with Crippen molar-refractivity contribution in [1.29, 1.82) is 0 Å². The van der Waals surface area contributed by atoms with Crippen LogP contribution < -0.4 is 11.2 Å². The third-order valence-electron chi connectivity index (χ3n) is 2.41. The summed E-state index contributed by atoms with van der Waals surface area (Å²) in [6.07, 6.45) is 3.53. The smallest absolute Gasteiger partial charge is 0.307 e. The minimum Gasteiger partial charge on any atom is -0.307 e. The zero-order valence-electron chi connectivity index (χ0n) is 9.24. The van der Waals surface area contributed by atoms with E-state index in [1.165, 1.54) is 0 Å². The number of allylic oxidation sites excluding steroid dienone is 1. The lowest BCUT2D eigenvalue weighted by atomic mass is 10.1. The van der Waals surface area contributed by atoms with Crippen molar-refractivity contribution in [2.45, 2.75) is 5.38 Å². The lowest BCUT2D eigenvalue weighted by molar-refractivity contribution is 1.08. The van der Waals surface area contributed by atoms with Crippen LogP contribution in [0.2, 0.25) is 0 Å². The summed E-state index contributed by atoms with van der Waals surface area (Å²) in [5, 5.41) is 0.171. The van der Waals surface area contributed by atoms with E-state index in [0.29, 0.717) is 16.8 Å². The molecule has 4 nitrogen and oxygen atoms in total. The number of fused-ring (bicyclic) bond motifs is 1. The van der Waals surface area contributed by atoms with Crippen molar-refractivity contribution >= 4 is 40.2 Å². The molecule has 0 amide bonds. The minimum absolute atomic E-state index is 0.253. The van der Waals surface area contributed by atoms with Crippen LogP contribution in [0, 0.1) is 0 Å². The molecule has 94 valence electrons. The maximum atomic E-state index is 11.6. The fraction of sp³-hybridized carbons (Fsp3) is 0.167. The fourth-order valence-electron chi connectivity index (χ4n) is 1.55. The van der Waals surface area contributed by atoms with Gasteiger partial charge >= 0.3 is 5.69 Å². The van der Waals surface area contributed by atoms with Gasteiger partial charge in [-0.05, 0) is 17.7 Å². The Bertz CT molecular complexity index is 703. The number of benzene rings is 1. The predicted molar refractivity (Wildman–Crippen MR) is 74.6 cm³/mol. The second kappa shape index (κ2) is 5.42. The van der Waals surface area contributed by atoms with E-state index in [0.717, 1.165) is 5.56 Å². The molecule has 2 rings (SSSR count). The fourth-order valence-corrected chi connectivity index (χ4v) is 1.73. The highest BCUT2D eigenvalue weighted by atomic mass is 35.5. The molecular weight excluding hydrogens is 275 g/mol. The van der Waals surface area contributed by atoms with Crippen LogP contribution in [0.25, 0.3) is 17.0 Å². The number of rotatable bonds is 3. The van der Waals surface area contributed by atoms with Crippen LogP contribution in [0.15, 0.2) is 33.9 Å². The van der Waals surface area contributed by atoms with Crippen LogP contribution in [-0.4, -0.2) is 21.2 Å². The van der Waals surface area contributed by atoms with Gasteiger partial charge in [0.2, 0.25) is 0 Å². The quantitative estimate of drug-likeness (QED) is 0.848. The lowest BCUT2D eigenvalue weighted by Crippen LogP contribution is -2.21. The minimum atomic E-state index is -0.515. The van der Waals surface area contributed by atoms with Crippen LogP contribution in [-0.2, 0) is 0 Å². The van der Waals surface area contributed by atoms with Gasteiger partial charge in [0.05, 0.1) is 16.3 Å². The van der Waals surface area contributed by atoms with Gasteiger partial charge in [0.1, 0.15) is 0 Å². The van der Waals surface area contributed by atoms with Crippen LogP contribution in [0.4, 0.5) is 0 Å². The number of hydrogen-bond donors (Lipinski definition) is 2. The van der Waals surface area contributed by atoms with E-state index in [1.807, 2.05) is 0 Å². The van der Waals surface area contributed by atoms with E-state index in [4.69, 9.17) is 23.2 Å². The van der Waals surface area contributed by atoms with Crippen molar-refractivity contribution in [1.82, 2.24) is 9.97 Å². The molecule has 1 aromatic carbocycles. The Kier molecular flexibility index (Phi) is 3.89. The summed E-state index contributed by atoms with van der Waals surface area (Å²) in [7, 11) is 0. The Balaban J connectivity index is 2.48. The van der Waals surface area contributed by atoms with Crippen LogP contribution in [0.5, 0.6) is 0 Å². The Morgan fingerprint density at radius 1 is 1.28 bits per heavy atom. The lowest BCUT2D eigenvalue weighted by Gasteiger charge is -1.99. The first kappa shape index (κ1) is 12.9. The highest BCUT2D eigenvalue weighted by Gasteiger charge is 2.01. The molecule has 0 saturated carbocycles. The van der Waals surface area contributed by atoms with E-state index in [1.54, 1.807) is 30.4 Å². The second-order valence-corrected chi connectivity index (χ2v) is 4.61. The van der Waals surface area contributed by atoms with E-state index >= 15 is 0 Å². The molecule has 0 fully saturated rings. The average Bonchev–Trinajstić information content (AvgIpc) is 2.36. The molecule has 0 aliphatic carbocycles. The van der Waals surface area contributed by atoms with Gasteiger partial charge in [0, 0.05) is 5.88 Å². The van der Waals surface area contributed by atoms with E-state index in [2.05, 4.69) is 9.97 Å². The number of halogens is 2. The van der Waals surface area contributed by atoms with Crippen molar-refractivity contribution in [2.24, 2.45) is 0 Å². The predicted octanol–water partition coefficient (Wildman–Crippen LogP) is 2.08. The molecule has 1 heterocycles. The number of nitrogens with one attached hydrogen (secondary N) is 2. The molecule has 0 aliphatic heterocycles. The molecular formula is C12H10Cl2N2O2. The van der Waals surface area contributed by atoms with Gasteiger partial charge in [-0.3, -0.25) is 9.78 Å². The summed E-state index contributed by atoms with van der Waals surface area (Å²) in [6, 6.07) is 5.14. The molecule has 0 saturated heterocycles. The molecule has 6 heteroatoms. The molecule has 18 heavy (non-hydrogen) atoms. The van der Waals surface area contributed by atoms with E-state index < -0.39 is 11.2 Å². The number of alkyl halides is 2. The summed E-state index contributed by atoms with van der Waals surface area (Å²) in [5.41, 5.74) is 0.388. The molecule has 0 spiro atoms. The largest absolute Gasteiger partial charge is 0.326 e. The van der Waals surface area contributed by atoms with Gasteiger partial charge in [-0.15, -0.1) is 23.2 Å². The van der Waals surface area contributed by atoms with Crippen LogP contribution in [0.3, 0.4) is 0 Å². The van der Waals surface area contributed by atoms with Gasteiger partial charge < -0.3 is 4.98 Å². The molecule has 0 aliphatic rings. The van der Waals surface area contributed by atoms with Crippen molar-refractivity contribution in [3.63, 3.8) is 0 Å². The topological polar surface area (TPSA) is 65.7 Å². The summed E-state index contributed by atoms with van der Waals surface area (Å²) >= 11 is 11.4. The van der Waals surface area contributed by atoms with Crippen LogP contribution in [0.1, 0.15) is 5.56 Å². The highest BCUT2D eigenvalue weighted by molar-refractivity contribution is 6.29. The number of aromatic nitrogens is 2. The number of H-pyrrole nitrogens is 2. The van der Waals surface area contributed by atoms with Crippen LogP contribution >= 0.6 is 23.2 Å².